The Labute approximate surface area is 136 Å². The molecule has 0 atom stereocenters. The first-order valence-corrected chi connectivity index (χ1v) is 7.75. The Morgan fingerprint density at radius 2 is 2.00 bits per heavy atom. The van der Waals surface area contributed by atoms with Crippen molar-refractivity contribution < 1.29 is 14.3 Å². The van der Waals surface area contributed by atoms with Gasteiger partial charge in [0.1, 0.15) is 12.4 Å². The molecule has 2 aromatic rings. The molecule has 5 nitrogen and oxygen atoms in total. The van der Waals surface area contributed by atoms with Crippen molar-refractivity contribution in [2.24, 2.45) is 0 Å². The van der Waals surface area contributed by atoms with E-state index in [0.717, 1.165) is 16.9 Å². The number of carbonyl (C=O) groups excluding carboxylic acids is 1. The lowest BCUT2D eigenvalue weighted by Crippen LogP contribution is -2.18. The van der Waals surface area contributed by atoms with Crippen LogP contribution in [-0.4, -0.2) is 24.1 Å². The number of hydrogen-bond donors (Lipinski definition) is 1. The Bertz CT molecular complexity index is 585. The topological polar surface area (TPSA) is 60.5 Å². The quantitative estimate of drug-likeness (QED) is 0.569. The summed E-state index contributed by atoms with van der Waals surface area (Å²) in [5.74, 6) is 0.656. The summed E-state index contributed by atoms with van der Waals surface area (Å²) in [7, 11) is 0. The number of nitrogens with one attached hydrogen (secondary N) is 1. The van der Waals surface area contributed by atoms with Gasteiger partial charge in [-0.25, -0.2) is 0 Å². The monoisotopic (exact) mass is 314 g/mol. The molecule has 1 aromatic carbocycles. The molecule has 0 spiro atoms. The molecule has 0 bridgehead atoms. The van der Waals surface area contributed by atoms with Crippen molar-refractivity contribution >= 4 is 5.97 Å². The number of benzene rings is 1. The molecular formula is C18H22N2O3. The highest BCUT2D eigenvalue weighted by molar-refractivity contribution is 5.69. The van der Waals surface area contributed by atoms with Crippen LogP contribution in [0.1, 0.15) is 24.5 Å². The molecule has 122 valence electrons. The van der Waals surface area contributed by atoms with Gasteiger partial charge < -0.3 is 14.8 Å². The minimum absolute atomic E-state index is 0.167. The summed E-state index contributed by atoms with van der Waals surface area (Å²) in [6.45, 7) is 4.06. The molecule has 5 heteroatoms. The van der Waals surface area contributed by atoms with Crippen LogP contribution in [0.3, 0.4) is 0 Å². The van der Waals surface area contributed by atoms with Gasteiger partial charge in [-0.1, -0.05) is 18.2 Å². The summed E-state index contributed by atoms with van der Waals surface area (Å²) in [5.41, 5.74) is 2.18. The third kappa shape index (κ3) is 6.48. The largest absolute Gasteiger partial charge is 0.489 e. The molecule has 0 amide bonds. The highest BCUT2D eigenvalue weighted by Gasteiger charge is 2.01. The van der Waals surface area contributed by atoms with E-state index >= 15 is 0 Å². The lowest BCUT2D eigenvalue weighted by molar-refractivity contribution is -0.142. The fourth-order valence-electron chi connectivity index (χ4n) is 2.01. The SMILES string of the molecule is CCOC(=O)CCNCc1ccc(OCc2cccnc2)cc1. The van der Waals surface area contributed by atoms with Gasteiger partial charge in [-0.15, -0.1) is 0 Å². The van der Waals surface area contributed by atoms with Crippen molar-refractivity contribution in [2.75, 3.05) is 13.2 Å². The maximum Gasteiger partial charge on any atom is 0.307 e. The lowest BCUT2D eigenvalue weighted by Gasteiger charge is -2.08. The predicted molar refractivity (Wildman–Crippen MR) is 88.0 cm³/mol. The van der Waals surface area contributed by atoms with Crippen LogP contribution in [0.5, 0.6) is 5.75 Å². The van der Waals surface area contributed by atoms with E-state index in [1.54, 1.807) is 12.4 Å². The van der Waals surface area contributed by atoms with Crippen molar-refractivity contribution in [3.63, 3.8) is 0 Å². The molecule has 0 fully saturated rings. The van der Waals surface area contributed by atoms with Crippen LogP contribution in [0.2, 0.25) is 0 Å². The van der Waals surface area contributed by atoms with E-state index in [1.807, 2.05) is 43.3 Å². The van der Waals surface area contributed by atoms with Crippen LogP contribution in [0.15, 0.2) is 48.8 Å². The number of esters is 1. The van der Waals surface area contributed by atoms with E-state index in [4.69, 9.17) is 9.47 Å². The van der Waals surface area contributed by atoms with Gasteiger partial charge in [0.05, 0.1) is 13.0 Å². The Balaban J connectivity index is 1.69. The Kier molecular flexibility index (Phi) is 7.07. The van der Waals surface area contributed by atoms with E-state index in [1.165, 1.54) is 0 Å². The second-order valence-electron chi connectivity index (χ2n) is 5.03. The standard InChI is InChI=1S/C18H22N2O3/c1-2-22-18(21)9-11-20-12-15-5-7-17(8-6-15)23-14-16-4-3-10-19-13-16/h3-8,10,13,20H,2,9,11-12,14H2,1H3. The van der Waals surface area contributed by atoms with Crippen molar-refractivity contribution in [3.8, 4) is 5.75 Å². The van der Waals surface area contributed by atoms with Gasteiger partial charge in [-0.3, -0.25) is 9.78 Å². The first-order valence-electron chi connectivity index (χ1n) is 7.75. The molecule has 0 aliphatic carbocycles. The molecule has 1 aromatic heterocycles. The molecule has 0 saturated carbocycles. The van der Waals surface area contributed by atoms with E-state index in [0.29, 0.717) is 32.7 Å². The maximum atomic E-state index is 11.2. The Hall–Kier alpha value is -2.40. The van der Waals surface area contributed by atoms with Gasteiger partial charge in [0, 0.05) is 31.0 Å². The van der Waals surface area contributed by atoms with Crippen LogP contribution in [-0.2, 0) is 22.7 Å². The maximum absolute atomic E-state index is 11.2. The zero-order chi connectivity index (χ0) is 16.3. The number of nitrogens with zero attached hydrogens (tertiary/aromatic N) is 1. The smallest absolute Gasteiger partial charge is 0.307 e. The number of hydrogen-bond acceptors (Lipinski definition) is 5. The fraction of sp³-hybridized carbons (Fsp3) is 0.333. The molecular weight excluding hydrogens is 292 g/mol. The fourth-order valence-corrected chi connectivity index (χ4v) is 2.01. The van der Waals surface area contributed by atoms with Crippen LogP contribution in [0.25, 0.3) is 0 Å². The third-order valence-corrected chi connectivity index (χ3v) is 3.19. The second-order valence-corrected chi connectivity index (χ2v) is 5.03. The number of aromatic nitrogens is 1. The minimum atomic E-state index is -0.167. The number of ether oxygens (including phenoxy) is 2. The Morgan fingerprint density at radius 3 is 2.70 bits per heavy atom. The van der Waals surface area contributed by atoms with Crippen LogP contribution >= 0.6 is 0 Å². The van der Waals surface area contributed by atoms with Gasteiger partial charge in [0.15, 0.2) is 0 Å². The van der Waals surface area contributed by atoms with Gasteiger partial charge >= 0.3 is 5.97 Å². The van der Waals surface area contributed by atoms with Crippen LogP contribution < -0.4 is 10.1 Å². The normalized spacial score (nSPS) is 10.3. The summed E-state index contributed by atoms with van der Waals surface area (Å²) in [4.78, 5) is 15.3. The average Bonchev–Trinajstić information content (AvgIpc) is 2.59. The van der Waals surface area contributed by atoms with Crippen LogP contribution in [0, 0.1) is 0 Å². The summed E-state index contributed by atoms with van der Waals surface area (Å²) in [5, 5.41) is 3.22. The predicted octanol–water partition coefficient (Wildman–Crippen LogP) is 2.70. The van der Waals surface area contributed by atoms with Gasteiger partial charge in [0.25, 0.3) is 0 Å². The molecule has 1 N–H and O–H groups in total. The number of rotatable bonds is 9. The van der Waals surface area contributed by atoms with Crippen LogP contribution in [0.4, 0.5) is 0 Å². The molecule has 0 radical (unpaired) electrons. The summed E-state index contributed by atoms with van der Waals surface area (Å²) in [6.07, 6.45) is 3.93. The second kappa shape index (κ2) is 9.58. The highest BCUT2D eigenvalue weighted by Crippen LogP contribution is 2.14. The zero-order valence-electron chi connectivity index (χ0n) is 13.3. The van der Waals surface area contributed by atoms with Gasteiger partial charge in [0.2, 0.25) is 0 Å². The molecule has 0 aliphatic rings. The van der Waals surface area contributed by atoms with E-state index in [9.17, 15) is 4.79 Å². The minimum Gasteiger partial charge on any atom is -0.489 e. The molecule has 1 heterocycles. The van der Waals surface area contributed by atoms with Gasteiger partial charge in [-0.2, -0.15) is 0 Å². The van der Waals surface area contributed by atoms with Crippen molar-refractivity contribution in [1.29, 1.82) is 0 Å². The first-order chi connectivity index (χ1) is 11.3. The van der Waals surface area contributed by atoms with Crippen molar-refractivity contribution in [1.82, 2.24) is 10.3 Å². The molecule has 0 aliphatic heterocycles. The summed E-state index contributed by atoms with van der Waals surface area (Å²) < 4.78 is 10.6. The van der Waals surface area contributed by atoms with E-state index < -0.39 is 0 Å². The van der Waals surface area contributed by atoms with E-state index in [-0.39, 0.29) is 5.97 Å². The van der Waals surface area contributed by atoms with Crippen molar-refractivity contribution in [2.45, 2.75) is 26.5 Å². The summed E-state index contributed by atoms with van der Waals surface area (Å²) >= 11 is 0. The zero-order valence-corrected chi connectivity index (χ0v) is 13.3. The summed E-state index contributed by atoms with van der Waals surface area (Å²) in [6, 6.07) is 11.8. The molecule has 0 unspecified atom stereocenters. The van der Waals surface area contributed by atoms with E-state index in [2.05, 4.69) is 10.3 Å². The number of carbonyl (C=O) groups is 1. The first kappa shape index (κ1) is 17.0. The molecule has 0 saturated heterocycles. The molecule has 23 heavy (non-hydrogen) atoms. The highest BCUT2D eigenvalue weighted by atomic mass is 16.5. The lowest BCUT2D eigenvalue weighted by atomic mass is 10.2. The van der Waals surface area contributed by atoms with Crippen molar-refractivity contribution in [3.05, 3.63) is 59.9 Å². The average molecular weight is 314 g/mol. The molecule has 2 rings (SSSR count). The third-order valence-electron chi connectivity index (χ3n) is 3.19. The van der Waals surface area contributed by atoms with Gasteiger partial charge in [-0.05, 0) is 30.7 Å². The number of pyridine rings is 1. The Morgan fingerprint density at radius 1 is 1.17 bits per heavy atom.